The van der Waals surface area contributed by atoms with Crippen molar-refractivity contribution in [3.63, 3.8) is 0 Å². The minimum Gasteiger partial charge on any atom is -0.397 e. The van der Waals surface area contributed by atoms with Gasteiger partial charge in [-0.05, 0) is 30.3 Å². The Bertz CT molecular complexity index is 1210. The fourth-order valence-electron chi connectivity index (χ4n) is 2.69. The number of hydrogen-bond donors (Lipinski definition) is 1. The van der Waals surface area contributed by atoms with Gasteiger partial charge in [-0.1, -0.05) is 12.1 Å². The van der Waals surface area contributed by atoms with E-state index in [0.717, 1.165) is 16.8 Å². The van der Waals surface area contributed by atoms with Gasteiger partial charge in [0.25, 0.3) is 0 Å². The molecule has 7 nitrogen and oxygen atoms in total. The molecule has 130 valence electrons. The van der Waals surface area contributed by atoms with Gasteiger partial charge >= 0.3 is 0 Å². The van der Waals surface area contributed by atoms with Crippen molar-refractivity contribution in [2.75, 3.05) is 12.0 Å². The smallest absolute Gasteiger partial charge is 0.175 e. The Hall–Kier alpha value is -3.26. The van der Waals surface area contributed by atoms with E-state index in [9.17, 15) is 8.42 Å². The fourth-order valence-corrected chi connectivity index (χ4v) is 3.33. The highest BCUT2D eigenvalue weighted by molar-refractivity contribution is 7.90. The molecule has 1 aromatic carbocycles. The molecule has 0 aliphatic rings. The number of hydrogen-bond acceptors (Lipinski definition) is 6. The van der Waals surface area contributed by atoms with Gasteiger partial charge in [0, 0.05) is 29.8 Å². The maximum absolute atomic E-state index is 11.6. The molecule has 0 saturated carbocycles. The van der Waals surface area contributed by atoms with Crippen LogP contribution in [0, 0.1) is 0 Å². The number of nitrogens with two attached hydrogens (primary N) is 1. The van der Waals surface area contributed by atoms with Crippen molar-refractivity contribution < 1.29 is 8.42 Å². The molecule has 0 bridgehead atoms. The van der Waals surface area contributed by atoms with E-state index >= 15 is 0 Å². The van der Waals surface area contributed by atoms with Crippen molar-refractivity contribution in [3.05, 3.63) is 61.1 Å². The zero-order chi connectivity index (χ0) is 18.3. The molecule has 0 fully saturated rings. The maximum Gasteiger partial charge on any atom is 0.175 e. The molecular weight excluding hydrogens is 350 g/mol. The Balaban J connectivity index is 1.82. The lowest BCUT2D eigenvalue weighted by Gasteiger charge is -2.06. The topological polar surface area (TPSA) is 103 Å². The van der Waals surface area contributed by atoms with Crippen molar-refractivity contribution in [2.24, 2.45) is 0 Å². The van der Waals surface area contributed by atoms with Gasteiger partial charge in [-0.25, -0.2) is 17.9 Å². The summed E-state index contributed by atoms with van der Waals surface area (Å²) in [6.07, 6.45) is 6.17. The summed E-state index contributed by atoms with van der Waals surface area (Å²) in [5.74, 6) is 0. The van der Waals surface area contributed by atoms with Crippen LogP contribution < -0.4 is 5.73 Å². The second kappa shape index (κ2) is 5.92. The Morgan fingerprint density at radius 2 is 1.73 bits per heavy atom. The number of sulfone groups is 1. The molecule has 0 amide bonds. The van der Waals surface area contributed by atoms with Crippen LogP contribution in [-0.2, 0) is 9.84 Å². The van der Waals surface area contributed by atoms with Crippen LogP contribution in [0.15, 0.2) is 66.0 Å². The number of fused-ring (bicyclic) bond motifs is 1. The van der Waals surface area contributed by atoms with Gasteiger partial charge < -0.3 is 5.73 Å². The fraction of sp³-hybridized carbons (Fsp3) is 0.0556. The van der Waals surface area contributed by atoms with E-state index in [2.05, 4.69) is 15.1 Å². The molecule has 8 heteroatoms. The minimum atomic E-state index is -3.23. The van der Waals surface area contributed by atoms with E-state index in [1.54, 1.807) is 53.4 Å². The molecule has 0 spiro atoms. The number of pyridine rings is 1. The molecule has 3 heterocycles. The lowest BCUT2D eigenvalue weighted by atomic mass is 10.2. The van der Waals surface area contributed by atoms with Gasteiger partial charge in [-0.2, -0.15) is 5.10 Å². The van der Waals surface area contributed by atoms with Crippen molar-refractivity contribution in [3.8, 4) is 22.5 Å². The summed E-state index contributed by atoms with van der Waals surface area (Å²) >= 11 is 0. The average molecular weight is 365 g/mol. The monoisotopic (exact) mass is 365 g/mol. The van der Waals surface area contributed by atoms with E-state index in [-0.39, 0.29) is 4.90 Å². The second-order valence-corrected chi connectivity index (χ2v) is 7.95. The summed E-state index contributed by atoms with van der Waals surface area (Å²) in [7, 11) is -3.23. The first-order chi connectivity index (χ1) is 12.4. The molecule has 0 aliphatic carbocycles. The third-order valence-corrected chi connectivity index (χ3v) is 5.12. The SMILES string of the molecule is CS(=O)(=O)c1ccc(-c2cnc3ccc(-c4cncc(N)c4)nn23)cc1. The van der Waals surface area contributed by atoms with E-state index in [1.165, 1.54) is 6.26 Å². The summed E-state index contributed by atoms with van der Waals surface area (Å²) in [5, 5.41) is 4.63. The normalized spacial score (nSPS) is 11.7. The number of rotatable bonds is 3. The number of aromatic nitrogens is 4. The van der Waals surface area contributed by atoms with Crippen LogP contribution in [0.4, 0.5) is 5.69 Å². The van der Waals surface area contributed by atoms with Crippen molar-refractivity contribution in [1.29, 1.82) is 0 Å². The first kappa shape index (κ1) is 16.2. The van der Waals surface area contributed by atoms with Crippen molar-refractivity contribution >= 4 is 21.2 Å². The average Bonchev–Trinajstić information content (AvgIpc) is 3.04. The number of benzene rings is 1. The van der Waals surface area contributed by atoms with Crippen LogP contribution in [0.25, 0.3) is 28.2 Å². The number of nitrogens with zero attached hydrogens (tertiary/aromatic N) is 4. The Morgan fingerprint density at radius 3 is 2.42 bits per heavy atom. The number of imidazole rings is 1. The number of nitrogen functional groups attached to an aromatic ring is 1. The first-order valence-corrected chi connectivity index (χ1v) is 9.67. The van der Waals surface area contributed by atoms with Crippen molar-refractivity contribution in [1.82, 2.24) is 19.6 Å². The summed E-state index contributed by atoms with van der Waals surface area (Å²) in [4.78, 5) is 8.73. The zero-order valence-corrected chi connectivity index (χ0v) is 14.7. The molecule has 3 aromatic heterocycles. The van der Waals surface area contributed by atoms with Gasteiger partial charge in [0.2, 0.25) is 0 Å². The second-order valence-electron chi connectivity index (χ2n) is 5.94. The molecule has 0 saturated heterocycles. The minimum absolute atomic E-state index is 0.273. The van der Waals surface area contributed by atoms with Crippen LogP contribution in [0.1, 0.15) is 0 Å². The molecule has 0 unspecified atom stereocenters. The van der Waals surface area contributed by atoms with Gasteiger partial charge in [0.05, 0.1) is 28.2 Å². The predicted molar refractivity (Wildman–Crippen MR) is 99.2 cm³/mol. The molecule has 4 aromatic rings. The van der Waals surface area contributed by atoms with Crippen LogP contribution >= 0.6 is 0 Å². The quantitative estimate of drug-likeness (QED) is 0.598. The van der Waals surface area contributed by atoms with Gasteiger partial charge in [-0.15, -0.1) is 0 Å². The lowest BCUT2D eigenvalue weighted by Crippen LogP contribution is -1.99. The summed E-state index contributed by atoms with van der Waals surface area (Å²) in [6.45, 7) is 0. The highest BCUT2D eigenvalue weighted by Crippen LogP contribution is 2.24. The van der Waals surface area contributed by atoms with Crippen LogP contribution in [-0.4, -0.2) is 34.3 Å². The van der Waals surface area contributed by atoms with Crippen LogP contribution in [0.5, 0.6) is 0 Å². The third-order valence-electron chi connectivity index (χ3n) is 4.00. The van der Waals surface area contributed by atoms with E-state index in [0.29, 0.717) is 17.0 Å². The van der Waals surface area contributed by atoms with Crippen LogP contribution in [0.3, 0.4) is 0 Å². The van der Waals surface area contributed by atoms with Gasteiger partial charge in [-0.3, -0.25) is 4.98 Å². The molecule has 0 atom stereocenters. The first-order valence-electron chi connectivity index (χ1n) is 7.78. The number of anilines is 1. The van der Waals surface area contributed by atoms with Crippen LogP contribution in [0.2, 0.25) is 0 Å². The Morgan fingerprint density at radius 1 is 0.962 bits per heavy atom. The Kier molecular flexibility index (Phi) is 3.69. The predicted octanol–water partition coefficient (Wildman–Crippen LogP) is 2.44. The molecule has 0 aliphatic heterocycles. The standard InChI is InChI=1S/C18H15N5O2S/c1-26(24,25)15-4-2-12(3-5-15)17-11-21-18-7-6-16(22-23(17)18)13-8-14(19)10-20-9-13/h2-11H,19H2,1H3. The van der Waals surface area contributed by atoms with E-state index in [1.807, 2.05) is 12.1 Å². The highest BCUT2D eigenvalue weighted by Gasteiger charge is 2.11. The summed E-state index contributed by atoms with van der Waals surface area (Å²) in [5.41, 5.74) is 10.1. The van der Waals surface area contributed by atoms with E-state index in [4.69, 9.17) is 5.73 Å². The molecule has 0 radical (unpaired) electrons. The summed E-state index contributed by atoms with van der Waals surface area (Å²) < 4.78 is 25.0. The molecule has 4 rings (SSSR count). The largest absolute Gasteiger partial charge is 0.397 e. The molecule has 26 heavy (non-hydrogen) atoms. The van der Waals surface area contributed by atoms with Crippen molar-refractivity contribution in [2.45, 2.75) is 4.90 Å². The molecular formula is C18H15N5O2S. The van der Waals surface area contributed by atoms with Gasteiger partial charge in [0.1, 0.15) is 0 Å². The van der Waals surface area contributed by atoms with E-state index < -0.39 is 9.84 Å². The van der Waals surface area contributed by atoms with Gasteiger partial charge in [0.15, 0.2) is 15.5 Å². The lowest BCUT2D eigenvalue weighted by molar-refractivity contribution is 0.602. The maximum atomic E-state index is 11.6. The Labute approximate surface area is 150 Å². The third kappa shape index (κ3) is 2.91. The summed E-state index contributed by atoms with van der Waals surface area (Å²) in [6, 6.07) is 12.2. The zero-order valence-electron chi connectivity index (χ0n) is 13.9. The highest BCUT2D eigenvalue weighted by atomic mass is 32.2. The molecule has 2 N–H and O–H groups in total.